The quantitative estimate of drug-likeness (QED) is 0.473. The molecule has 0 fully saturated rings. The third kappa shape index (κ3) is 24.8. The molecule has 0 aliphatic carbocycles. The van der Waals surface area contributed by atoms with Crippen molar-refractivity contribution in [3.63, 3.8) is 0 Å². The summed E-state index contributed by atoms with van der Waals surface area (Å²) >= 11 is -1.92. The molecular formula is C7H11Cl3Ti-3. The Balaban J connectivity index is -0.000000101. The van der Waals surface area contributed by atoms with Crippen molar-refractivity contribution < 1.29 is 14.7 Å². The number of hydrogen-bond donors (Lipinski definition) is 0. The second-order valence-electron chi connectivity index (χ2n) is 1.18. The predicted molar refractivity (Wildman–Crippen MR) is 52.4 cm³/mol. The van der Waals surface area contributed by atoms with Gasteiger partial charge in [0, 0.05) is 0 Å². The van der Waals surface area contributed by atoms with Crippen LogP contribution in [0.25, 0.3) is 0 Å². The molecule has 11 heavy (non-hydrogen) atoms. The predicted octanol–water partition coefficient (Wildman–Crippen LogP) is 4.37. The summed E-state index contributed by atoms with van der Waals surface area (Å²) in [6.07, 6.45) is 0. The second kappa shape index (κ2) is 13.5. The van der Waals surface area contributed by atoms with E-state index in [-0.39, 0.29) is 14.9 Å². The first-order valence-corrected chi connectivity index (χ1v) is 8.68. The SMILES string of the molecule is [CH3-].[CH3-].[Cl][Ti]([Cl])[Cl].c1cc[cH-]c1. The summed E-state index contributed by atoms with van der Waals surface area (Å²) in [4.78, 5) is 0. The molecule has 0 bridgehead atoms. The van der Waals surface area contributed by atoms with Gasteiger partial charge in [0.05, 0.1) is 0 Å². The van der Waals surface area contributed by atoms with Crippen molar-refractivity contribution in [2.24, 2.45) is 0 Å². The molecule has 0 aliphatic rings. The Hall–Kier alpha value is 0.934. The Morgan fingerprint density at radius 2 is 1.18 bits per heavy atom. The van der Waals surface area contributed by atoms with Crippen LogP contribution in [0, 0.1) is 14.9 Å². The topological polar surface area (TPSA) is 0 Å². The Bertz CT molecular complexity index is 97.3. The Labute approximate surface area is 87.3 Å². The van der Waals surface area contributed by atoms with E-state index in [1.165, 1.54) is 0 Å². The first kappa shape index (κ1) is 17.9. The minimum absolute atomic E-state index is 0. The van der Waals surface area contributed by atoms with Crippen LogP contribution < -0.4 is 0 Å². The Kier molecular flexibility index (Phi) is 22.0. The molecule has 4 heteroatoms. The number of halogens is 3. The van der Waals surface area contributed by atoms with Crippen molar-refractivity contribution >= 4 is 27.9 Å². The molecule has 0 spiro atoms. The van der Waals surface area contributed by atoms with E-state index in [4.69, 9.17) is 27.9 Å². The van der Waals surface area contributed by atoms with Crippen LogP contribution in [-0.2, 0) is 14.7 Å². The van der Waals surface area contributed by atoms with Crippen LogP contribution in [0.1, 0.15) is 0 Å². The largest absolute Gasteiger partial charge is 0.214 e. The fraction of sp³-hybridized carbons (Fsp3) is 0. The van der Waals surface area contributed by atoms with Crippen LogP contribution in [0.4, 0.5) is 0 Å². The molecule has 0 atom stereocenters. The summed E-state index contributed by atoms with van der Waals surface area (Å²) in [6, 6.07) is 10.0. The van der Waals surface area contributed by atoms with Gasteiger partial charge in [-0.3, -0.25) is 0 Å². The van der Waals surface area contributed by atoms with Crippen molar-refractivity contribution in [2.45, 2.75) is 0 Å². The van der Waals surface area contributed by atoms with Gasteiger partial charge in [-0.15, -0.1) is 0 Å². The molecule has 0 radical (unpaired) electrons. The van der Waals surface area contributed by atoms with Crippen molar-refractivity contribution in [1.82, 2.24) is 0 Å². The van der Waals surface area contributed by atoms with Gasteiger partial charge in [0.25, 0.3) is 0 Å². The summed E-state index contributed by atoms with van der Waals surface area (Å²) < 4.78 is 0. The van der Waals surface area contributed by atoms with Gasteiger partial charge in [-0.2, -0.15) is 18.2 Å². The van der Waals surface area contributed by atoms with Crippen molar-refractivity contribution in [2.75, 3.05) is 0 Å². The molecular weight excluding hydrogens is 238 g/mol. The van der Waals surface area contributed by atoms with Crippen molar-refractivity contribution in [3.05, 3.63) is 45.2 Å². The summed E-state index contributed by atoms with van der Waals surface area (Å²) in [5, 5.41) is 0. The normalized spacial score (nSPS) is 6.09. The van der Waals surface area contributed by atoms with Crippen LogP contribution in [0.5, 0.6) is 0 Å². The zero-order valence-corrected chi connectivity index (χ0v) is 10.3. The first-order chi connectivity index (χ1) is 4.23. The number of hydrogen-bond acceptors (Lipinski definition) is 0. The van der Waals surface area contributed by atoms with E-state index in [0.717, 1.165) is 0 Å². The monoisotopic (exact) mass is 248 g/mol. The molecule has 0 amide bonds. The van der Waals surface area contributed by atoms with Gasteiger partial charge in [-0.25, -0.2) is 12.1 Å². The maximum atomic E-state index is 4.97. The summed E-state index contributed by atoms with van der Waals surface area (Å²) in [5.41, 5.74) is 0. The van der Waals surface area contributed by atoms with Crippen molar-refractivity contribution in [1.29, 1.82) is 0 Å². The summed E-state index contributed by atoms with van der Waals surface area (Å²) in [5.74, 6) is 0. The molecule has 0 heterocycles. The summed E-state index contributed by atoms with van der Waals surface area (Å²) in [6.45, 7) is 0. The van der Waals surface area contributed by atoms with Gasteiger partial charge < -0.3 is 14.9 Å². The maximum absolute atomic E-state index is 4.97. The summed E-state index contributed by atoms with van der Waals surface area (Å²) in [7, 11) is 14.9. The molecule has 67 valence electrons. The van der Waals surface area contributed by atoms with Crippen molar-refractivity contribution in [3.8, 4) is 0 Å². The fourth-order valence-electron chi connectivity index (χ4n) is 0.321. The average Bonchev–Trinajstić information content (AvgIpc) is 2.11. The fourth-order valence-corrected chi connectivity index (χ4v) is 0.321. The minimum Gasteiger partial charge on any atom is -0.214 e. The smallest absolute Gasteiger partial charge is 0.172 e. The van der Waals surface area contributed by atoms with Gasteiger partial charge in [0.1, 0.15) is 0 Å². The molecule has 0 nitrogen and oxygen atoms in total. The van der Waals surface area contributed by atoms with Crippen LogP contribution in [0.2, 0.25) is 0 Å². The molecule has 0 saturated carbocycles. The molecule has 0 unspecified atom stereocenters. The van der Waals surface area contributed by atoms with E-state index in [9.17, 15) is 0 Å². The van der Waals surface area contributed by atoms with Gasteiger partial charge in [-0.1, -0.05) is 0 Å². The molecule has 1 aromatic carbocycles. The molecule has 0 aliphatic heterocycles. The maximum Gasteiger partial charge on any atom is -0.172 e. The second-order valence-corrected chi connectivity index (χ2v) is 8.91. The Morgan fingerprint density at radius 1 is 0.909 bits per heavy atom. The van der Waals surface area contributed by atoms with Gasteiger partial charge in [0.2, 0.25) is 0 Å². The number of rotatable bonds is 0. The van der Waals surface area contributed by atoms with E-state index in [2.05, 4.69) is 0 Å². The Morgan fingerprint density at radius 3 is 1.27 bits per heavy atom. The molecule has 1 rings (SSSR count). The van der Waals surface area contributed by atoms with Crippen LogP contribution in [-0.4, -0.2) is 0 Å². The standard InChI is InChI=1S/C5H5.2CH3.3ClH.Ti/c1-2-4-5-3-1;;;;;;/h1-5H;2*1H3;3*1H;/q3*-1;;;;+3/p-3. The first-order valence-electron chi connectivity index (χ1n) is 2.23. The third-order valence-electron chi connectivity index (χ3n) is 0.556. The van der Waals surface area contributed by atoms with E-state index in [1.54, 1.807) is 0 Å². The average molecular weight is 249 g/mol. The van der Waals surface area contributed by atoms with Gasteiger partial charge in [-0.05, 0) is 0 Å². The molecule has 0 N–H and O–H groups in total. The zero-order chi connectivity index (χ0) is 7.11. The van der Waals surface area contributed by atoms with E-state index in [0.29, 0.717) is 0 Å². The van der Waals surface area contributed by atoms with E-state index >= 15 is 0 Å². The van der Waals surface area contributed by atoms with Crippen LogP contribution >= 0.6 is 27.9 Å². The molecule has 0 aromatic heterocycles. The third-order valence-corrected chi connectivity index (χ3v) is 0.556. The zero-order valence-electron chi connectivity index (χ0n) is 6.52. The van der Waals surface area contributed by atoms with Gasteiger partial charge in [0.15, 0.2) is 0 Å². The van der Waals surface area contributed by atoms with E-state index in [1.807, 2.05) is 30.3 Å². The van der Waals surface area contributed by atoms with Crippen LogP contribution in [0.15, 0.2) is 30.3 Å². The van der Waals surface area contributed by atoms with Gasteiger partial charge >= 0.3 is 42.6 Å². The van der Waals surface area contributed by atoms with E-state index < -0.39 is 14.7 Å². The minimum atomic E-state index is -1.92. The van der Waals surface area contributed by atoms with Crippen LogP contribution in [0.3, 0.4) is 0 Å². The molecule has 1 aromatic rings. The molecule has 0 saturated heterocycles.